The SMILES string of the molecule is Cc1scnc1-c1cccc(CC(=O)O)c1. The van der Waals surface area contributed by atoms with E-state index in [2.05, 4.69) is 4.98 Å². The van der Waals surface area contributed by atoms with Crippen molar-refractivity contribution in [2.45, 2.75) is 13.3 Å². The van der Waals surface area contributed by atoms with Crippen LogP contribution in [-0.2, 0) is 11.2 Å². The summed E-state index contributed by atoms with van der Waals surface area (Å²) < 4.78 is 0. The van der Waals surface area contributed by atoms with Gasteiger partial charge in [0.1, 0.15) is 0 Å². The summed E-state index contributed by atoms with van der Waals surface area (Å²) in [7, 11) is 0. The van der Waals surface area contributed by atoms with Crippen molar-refractivity contribution in [3.05, 3.63) is 40.2 Å². The van der Waals surface area contributed by atoms with Gasteiger partial charge in [-0.1, -0.05) is 18.2 Å². The van der Waals surface area contributed by atoms with Gasteiger partial charge in [-0.05, 0) is 18.6 Å². The van der Waals surface area contributed by atoms with Crippen molar-refractivity contribution < 1.29 is 9.90 Å². The second-order valence-electron chi connectivity index (χ2n) is 3.53. The molecule has 2 rings (SSSR count). The van der Waals surface area contributed by atoms with Crippen molar-refractivity contribution in [2.24, 2.45) is 0 Å². The lowest BCUT2D eigenvalue weighted by Crippen LogP contribution is -1.99. The molecule has 4 heteroatoms. The van der Waals surface area contributed by atoms with Crippen LogP contribution in [0.15, 0.2) is 29.8 Å². The molecule has 16 heavy (non-hydrogen) atoms. The molecule has 0 bridgehead atoms. The number of aryl methyl sites for hydroxylation is 1. The van der Waals surface area contributed by atoms with Gasteiger partial charge in [-0.25, -0.2) is 4.98 Å². The molecule has 0 saturated carbocycles. The lowest BCUT2D eigenvalue weighted by molar-refractivity contribution is -0.136. The number of aromatic nitrogens is 1. The highest BCUT2D eigenvalue weighted by atomic mass is 32.1. The predicted molar refractivity (Wildman–Crippen MR) is 63.6 cm³/mol. The molecule has 0 aliphatic rings. The second kappa shape index (κ2) is 4.45. The molecule has 0 spiro atoms. The summed E-state index contributed by atoms with van der Waals surface area (Å²) in [5.74, 6) is -0.813. The van der Waals surface area contributed by atoms with E-state index in [1.54, 1.807) is 16.8 Å². The molecule has 1 N–H and O–H groups in total. The Kier molecular flexibility index (Phi) is 3.01. The van der Waals surface area contributed by atoms with E-state index in [1.165, 1.54) is 0 Å². The Morgan fingerprint density at radius 2 is 2.31 bits per heavy atom. The summed E-state index contributed by atoms with van der Waals surface area (Å²) in [6, 6.07) is 7.52. The van der Waals surface area contributed by atoms with Gasteiger partial charge in [0.05, 0.1) is 17.6 Å². The fourth-order valence-electron chi connectivity index (χ4n) is 1.59. The molecule has 0 unspecified atom stereocenters. The van der Waals surface area contributed by atoms with E-state index in [0.717, 1.165) is 21.7 Å². The van der Waals surface area contributed by atoms with Crippen LogP contribution in [-0.4, -0.2) is 16.1 Å². The normalized spacial score (nSPS) is 10.3. The minimum atomic E-state index is -0.813. The first kappa shape index (κ1) is 10.8. The van der Waals surface area contributed by atoms with E-state index in [1.807, 2.05) is 31.2 Å². The summed E-state index contributed by atoms with van der Waals surface area (Å²) in [5, 5.41) is 8.73. The molecule has 0 aliphatic heterocycles. The molecule has 0 fully saturated rings. The molecule has 0 amide bonds. The number of nitrogens with zero attached hydrogens (tertiary/aromatic N) is 1. The number of thiazole rings is 1. The van der Waals surface area contributed by atoms with E-state index in [4.69, 9.17) is 5.11 Å². The highest BCUT2D eigenvalue weighted by molar-refractivity contribution is 7.10. The Bertz CT molecular complexity index is 519. The van der Waals surface area contributed by atoms with Gasteiger partial charge in [0.25, 0.3) is 0 Å². The lowest BCUT2D eigenvalue weighted by Gasteiger charge is -2.02. The predicted octanol–water partition coefficient (Wildman–Crippen LogP) is 2.75. The summed E-state index contributed by atoms with van der Waals surface area (Å²) in [4.78, 5) is 16.0. The minimum Gasteiger partial charge on any atom is -0.481 e. The van der Waals surface area contributed by atoms with Gasteiger partial charge in [-0.2, -0.15) is 0 Å². The first-order valence-corrected chi connectivity index (χ1v) is 5.76. The molecule has 0 aliphatic carbocycles. The average molecular weight is 233 g/mol. The first-order valence-electron chi connectivity index (χ1n) is 4.88. The van der Waals surface area contributed by atoms with Crippen LogP contribution >= 0.6 is 11.3 Å². The van der Waals surface area contributed by atoms with Crippen LogP contribution in [0.3, 0.4) is 0 Å². The third-order valence-corrected chi connectivity index (χ3v) is 3.06. The molecular weight excluding hydrogens is 222 g/mol. The van der Waals surface area contributed by atoms with Crippen molar-refractivity contribution >= 4 is 17.3 Å². The molecule has 0 saturated heterocycles. The number of hydrogen-bond donors (Lipinski definition) is 1. The van der Waals surface area contributed by atoms with Crippen LogP contribution < -0.4 is 0 Å². The number of hydrogen-bond acceptors (Lipinski definition) is 3. The van der Waals surface area contributed by atoms with Gasteiger partial charge in [-0.3, -0.25) is 4.79 Å². The Balaban J connectivity index is 2.36. The van der Waals surface area contributed by atoms with Crippen molar-refractivity contribution in [3.8, 4) is 11.3 Å². The zero-order valence-corrected chi connectivity index (χ0v) is 9.62. The van der Waals surface area contributed by atoms with Crippen molar-refractivity contribution in [3.63, 3.8) is 0 Å². The molecule has 1 aromatic heterocycles. The van der Waals surface area contributed by atoms with Crippen LogP contribution in [0.4, 0.5) is 0 Å². The van der Waals surface area contributed by atoms with E-state index in [-0.39, 0.29) is 6.42 Å². The topological polar surface area (TPSA) is 50.2 Å². The highest BCUT2D eigenvalue weighted by Crippen LogP contribution is 2.25. The molecule has 0 atom stereocenters. The zero-order valence-electron chi connectivity index (χ0n) is 8.80. The third kappa shape index (κ3) is 2.28. The van der Waals surface area contributed by atoms with Gasteiger partial charge >= 0.3 is 5.97 Å². The minimum absolute atomic E-state index is 0.0526. The number of carboxylic acid groups (broad SMARTS) is 1. The van der Waals surface area contributed by atoms with Crippen molar-refractivity contribution in [1.82, 2.24) is 4.98 Å². The molecule has 1 heterocycles. The van der Waals surface area contributed by atoms with Crippen molar-refractivity contribution in [2.75, 3.05) is 0 Å². The number of benzene rings is 1. The van der Waals surface area contributed by atoms with Crippen LogP contribution in [0.2, 0.25) is 0 Å². The fourth-order valence-corrected chi connectivity index (χ4v) is 2.18. The van der Waals surface area contributed by atoms with E-state index in [0.29, 0.717) is 0 Å². The summed E-state index contributed by atoms with van der Waals surface area (Å²) in [5.41, 5.74) is 4.53. The number of rotatable bonds is 3. The average Bonchev–Trinajstić information content (AvgIpc) is 2.64. The van der Waals surface area contributed by atoms with E-state index >= 15 is 0 Å². The maximum Gasteiger partial charge on any atom is 0.307 e. The molecular formula is C12H11NO2S. The second-order valence-corrected chi connectivity index (χ2v) is 4.59. The van der Waals surface area contributed by atoms with Crippen LogP contribution in [0, 0.1) is 6.92 Å². The molecule has 1 aromatic carbocycles. The van der Waals surface area contributed by atoms with Gasteiger partial charge in [0.15, 0.2) is 0 Å². The van der Waals surface area contributed by atoms with Crippen LogP contribution in [0.25, 0.3) is 11.3 Å². The summed E-state index contributed by atoms with van der Waals surface area (Å²) >= 11 is 1.59. The maximum absolute atomic E-state index is 10.6. The Hall–Kier alpha value is -1.68. The van der Waals surface area contributed by atoms with E-state index in [9.17, 15) is 4.79 Å². The smallest absolute Gasteiger partial charge is 0.307 e. The number of carboxylic acids is 1. The van der Waals surface area contributed by atoms with Gasteiger partial charge in [0.2, 0.25) is 0 Å². The monoisotopic (exact) mass is 233 g/mol. The van der Waals surface area contributed by atoms with Crippen LogP contribution in [0.1, 0.15) is 10.4 Å². The number of carbonyl (C=O) groups is 1. The summed E-state index contributed by atoms with van der Waals surface area (Å²) in [6.07, 6.45) is 0.0526. The Morgan fingerprint density at radius 3 is 2.94 bits per heavy atom. The Labute approximate surface area is 97.4 Å². The largest absolute Gasteiger partial charge is 0.481 e. The lowest BCUT2D eigenvalue weighted by atomic mass is 10.1. The number of aliphatic carboxylic acids is 1. The highest BCUT2D eigenvalue weighted by Gasteiger charge is 2.06. The van der Waals surface area contributed by atoms with Crippen molar-refractivity contribution in [1.29, 1.82) is 0 Å². The molecule has 0 radical (unpaired) electrons. The standard InChI is InChI=1S/C12H11NO2S/c1-8-12(13-7-16-8)10-4-2-3-9(5-10)6-11(14)15/h2-5,7H,6H2,1H3,(H,14,15). The molecule has 82 valence electrons. The quantitative estimate of drug-likeness (QED) is 0.886. The summed E-state index contributed by atoms with van der Waals surface area (Å²) in [6.45, 7) is 2.01. The first-order chi connectivity index (χ1) is 7.66. The molecule has 2 aromatic rings. The van der Waals surface area contributed by atoms with Crippen LogP contribution in [0.5, 0.6) is 0 Å². The Morgan fingerprint density at radius 1 is 1.50 bits per heavy atom. The zero-order chi connectivity index (χ0) is 11.5. The maximum atomic E-state index is 10.6. The van der Waals surface area contributed by atoms with Gasteiger partial charge < -0.3 is 5.11 Å². The van der Waals surface area contributed by atoms with Gasteiger partial charge in [-0.15, -0.1) is 11.3 Å². The van der Waals surface area contributed by atoms with Gasteiger partial charge in [0, 0.05) is 10.4 Å². The van der Waals surface area contributed by atoms with E-state index < -0.39 is 5.97 Å². The molecule has 3 nitrogen and oxygen atoms in total. The fraction of sp³-hybridized carbons (Fsp3) is 0.167. The third-order valence-electron chi connectivity index (χ3n) is 2.30.